The van der Waals surface area contributed by atoms with E-state index < -0.39 is 30.0 Å². The van der Waals surface area contributed by atoms with Gasteiger partial charge in [-0.15, -0.1) is 0 Å². The number of rotatable bonds is 24. The largest absolute Gasteiger partial charge is 0.240 e. The molecule has 1 aliphatic heterocycles. The van der Waals surface area contributed by atoms with Crippen LogP contribution in [-0.4, -0.2) is 142 Å². The van der Waals surface area contributed by atoms with E-state index in [9.17, 15) is 0 Å². The highest BCUT2D eigenvalue weighted by Gasteiger charge is 2.50. The second-order valence-corrected chi connectivity index (χ2v) is 23.3. The molecule has 288 valence electrons. The van der Waals surface area contributed by atoms with Gasteiger partial charge in [-0.05, 0) is 0 Å². The van der Waals surface area contributed by atoms with Crippen molar-refractivity contribution in [2.45, 2.75) is 111 Å². The maximum Gasteiger partial charge on any atom is 0.221 e. The molecule has 0 fully saturated rings. The fourth-order valence-electron chi connectivity index (χ4n) is 7.16. The zero-order valence-electron chi connectivity index (χ0n) is 34.5. The van der Waals surface area contributed by atoms with Crippen LogP contribution in [0.3, 0.4) is 0 Å². The van der Waals surface area contributed by atoms with Gasteiger partial charge in [-0.25, -0.2) is 37.4 Å². The molecule has 0 radical (unpaired) electrons. The smallest absolute Gasteiger partial charge is 0.221 e. The fraction of sp³-hybridized carbons (Fsp3) is 1.00. The van der Waals surface area contributed by atoms with Gasteiger partial charge in [-0.1, -0.05) is 111 Å². The van der Waals surface area contributed by atoms with Crippen LogP contribution < -0.4 is 0 Å². The lowest BCUT2D eigenvalue weighted by molar-refractivity contribution is 0.391. The van der Waals surface area contributed by atoms with Gasteiger partial charge in [-0.2, -0.15) is 18.1 Å². The molecule has 0 saturated carbocycles. The molecule has 0 unspecified atom stereocenters. The Labute approximate surface area is 300 Å². The van der Waals surface area contributed by atoms with Crippen LogP contribution in [0.4, 0.5) is 0 Å². The Balaban J connectivity index is 5.49. The van der Waals surface area contributed by atoms with Crippen molar-refractivity contribution >= 4 is 30.0 Å². The van der Waals surface area contributed by atoms with Crippen molar-refractivity contribution in [3.05, 3.63) is 0 Å². The molecule has 0 atom stereocenters. The van der Waals surface area contributed by atoms with Crippen molar-refractivity contribution in [2.24, 2.45) is 18.1 Å². The molecule has 0 N–H and O–H groups in total. The topological polar surface area (TPSA) is 75.4 Å². The molecule has 12 nitrogen and oxygen atoms in total. The van der Waals surface area contributed by atoms with Crippen LogP contribution in [-0.2, 0) is 0 Å². The van der Waals surface area contributed by atoms with E-state index >= 15 is 0 Å². The Morgan fingerprint density at radius 3 is 0.354 bits per heavy atom. The summed E-state index contributed by atoms with van der Waals surface area (Å²) in [4.78, 5) is 0. The predicted molar refractivity (Wildman–Crippen MR) is 221 cm³/mol. The van der Waals surface area contributed by atoms with Crippen molar-refractivity contribution in [3.63, 3.8) is 0 Å². The minimum Gasteiger partial charge on any atom is -0.240 e. The average molecular weight is 757 g/mol. The third-order valence-electron chi connectivity index (χ3n) is 9.84. The molecular weight excluding hydrogens is 676 g/mol. The SMILES string of the molecule is CCN(CC)P1(N(CC)CC)=NP(N(CC)CC)(N(CC)CC)=NP(N(CC)CC)(N(CC)CC)=NP(N(CC)CC)(N(CC)CC)=N1. The van der Waals surface area contributed by atoms with Crippen molar-refractivity contribution in [3.8, 4) is 0 Å². The normalized spacial score (nSPS) is 18.8. The molecule has 0 aromatic heterocycles. The molecule has 1 rings (SSSR count). The standard InChI is InChI=1S/C32H80N12P4/c1-17-37(18-2)45(38(19-3)20-4)33-46(39(21-5)22-6,40(23-7)24-8)35-48(43(29-13)30-14,44(31-15)32-16)36-47(34-45,41(25-9)26-10)42(27-11)28-12/h17-32H2,1-16H3. The van der Waals surface area contributed by atoms with E-state index in [1.165, 1.54) is 0 Å². The predicted octanol–water partition coefficient (Wildman–Crippen LogP) is 10.5. The van der Waals surface area contributed by atoms with Gasteiger partial charge < -0.3 is 0 Å². The molecule has 1 aliphatic rings. The lowest BCUT2D eigenvalue weighted by Gasteiger charge is -2.52. The lowest BCUT2D eigenvalue weighted by atomic mass is 10.7. The minimum absolute atomic E-state index is 0.882. The fourth-order valence-corrected chi connectivity index (χ4v) is 28.9. The molecule has 0 aromatic carbocycles. The molecule has 0 aromatic rings. The summed E-state index contributed by atoms with van der Waals surface area (Å²) in [7, 11) is -11.0. The van der Waals surface area contributed by atoms with E-state index in [1.807, 2.05) is 0 Å². The Bertz CT molecular complexity index is 868. The molecule has 16 heteroatoms. The van der Waals surface area contributed by atoms with Crippen LogP contribution in [0.15, 0.2) is 18.1 Å². The van der Waals surface area contributed by atoms with Gasteiger partial charge in [-0.3, -0.25) is 0 Å². The number of hydrogen-bond acceptors (Lipinski definition) is 12. The zero-order chi connectivity index (χ0) is 36.8. The van der Waals surface area contributed by atoms with Crippen molar-refractivity contribution < 1.29 is 0 Å². The molecule has 0 amide bonds. The first-order valence-corrected chi connectivity index (χ1v) is 26.0. The number of nitrogens with zero attached hydrogens (tertiary/aromatic N) is 12. The quantitative estimate of drug-likeness (QED) is 0.0902. The molecule has 0 bridgehead atoms. The molecule has 0 spiro atoms. The monoisotopic (exact) mass is 757 g/mol. The highest BCUT2D eigenvalue weighted by Crippen LogP contribution is 2.83. The highest BCUT2D eigenvalue weighted by molar-refractivity contribution is 7.83. The first kappa shape index (κ1) is 46.6. The van der Waals surface area contributed by atoms with E-state index in [2.05, 4.69) is 148 Å². The summed E-state index contributed by atoms with van der Waals surface area (Å²) < 4.78 is 47.2. The van der Waals surface area contributed by atoms with Gasteiger partial charge in [0.2, 0.25) is 30.0 Å². The van der Waals surface area contributed by atoms with Crippen molar-refractivity contribution in [1.82, 2.24) is 37.4 Å². The third-order valence-corrected chi connectivity index (χ3v) is 28.1. The first-order chi connectivity index (χ1) is 23.0. The number of hydrogen-bond donors (Lipinski definition) is 0. The van der Waals surface area contributed by atoms with Crippen molar-refractivity contribution in [2.75, 3.05) is 105 Å². The van der Waals surface area contributed by atoms with Crippen LogP contribution >= 0.6 is 30.0 Å². The van der Waals surface area contributed by atoms with E-state index in [4.69, 9.17) is 18.1 Å². The van der Waals surface area contributed by atoms with Gasteiger partial charge in [0, 0.05) is 105 Å². The van der Waals surface area contributed by atoms with E-state index in [0.29, 0.717) is 0 Å². The summed E-state index contributed by atoms with van der Waals surface area (Å²) in [5.41, 5.74) is 0. The summed E-state index contributed by atoms with van der Waals surface area (Å²) in [5, 5.41) is 0. The second-order valence-electron chi connectivity index (χ2n) is 11.6. The highest BCUT2D eigenvalue weighted by atomic mass is 31.3. The van der Waals surface area contributed by atoms with Crippen LogP contribution in [0.5, 0.6) is 0 Å². The summed E-state index contributed by atoms with van der Waals surface area (Å²) in [6, 6.07) is 0. The summed E-state index contributed by atoms with van der Waals surface area (Å²) in [6.07, 6.45) is 0. The van der Waals surface area contributed by atoms with Gasteiger partial charge in [0.15, 0.2) is 0 Å². The average Bonchev–Trinajstić information content (AvgIpc) is 3.08. The summed E-state index contributed by atoms with van der Waals surface area (Å²) >= 11 is 0. The Morgan fingerprint density at radius 1 is 0.208 bits per heavy atom. The maximum atomic E-state index is 6.54. The molecule has 1 heterocycles. The maximum absolute atomic E-state index is 6.54. The van der Waals surface area contributed by atoms with Crippen LogP contribution in [0, 0.1) is 0 Å². The molecular formula is C32H80N12P4. The lowest BCUT2D eigenvalue weighted by Crippen LogP contribution is -2.38. The second kappa shape index (κ2) is 22.0. The van der Waals surface area contributed by atoms with E-state index in [0.717, 1.165) is 105 Å². The molecule has 0 saturated heterocycles. The van der Waals surface area contributed by atoms with Crippen LogP contribution in [0.1, 0.15) is 111 Å². The van der Waals surface area contributed by atoms with Crippen molar-refractivity contribution in [1.29, 1.82) is 0 Å². The van der Waals surface area contributed by atoms with Gasteiger partial charge in [0.05, 0.1) is 0 Å². The van der Waals surface area contributed by atoms with Gasteiger partial charge in [0.1, 0.15) is 0 Å². The minimum atomic E-state index is -2.75. The van der Waals surface area contributed by atoms with E-state index in [1.54, 1.807) is 0 Å². The molecule has 0 aliphatic carbocycles. The summed E-state index contributed by atoms with van der Waals surface area (Å²) in [6.45, 7) is 51.0. The van der Waals surface area contributed by atoms with Crippen LogP contribution in [0.25, 0.3) is 0 Å². The summed E-state index contributed by atoms with van der Waals surface area (Å²) in [5.74, 6) is 0. The Morgan fingerprint density at radius 2 is 0.292 bits per heavy atom. The third kappa shape index (κ3) is 8.86. The zero-order valence-corrected chi connectivity index (χ0v) is 38.0. The van der Waals surface area contributed by atoms with E-state index in [-0.39, 0.29) is 0 Å². The first-order valence-electron chi connectivity index (χ1n) is 19.6. The van der Waals surface area contributed by atoms with Gasteiger partial charge >= 0.3 is 0 Å². The Kier molecular flexibility index (Phi) is 21.3. The van der Waals surface area contributed by atoms with Crippen LogP contribution in [0.2, 0.25) is 0 Å². The van der Waals surface area contributed by atoms with Gasteiger partial charge in [0.25, 0.3) is 0 Å². The molecule has 48 heavy (non-hydrogen) atoms. The Hall–Kier alpha value is 0.600.